The number of nitrogens with one attached hydrogen (secondary N) is 1. The Bertz CT molecular complexity index is 816. The van der Waals surface area contributed by atoms with E-state index in [9.17, 15) is 9.90 Å². The average molecular weight is 370 g/mol. The van der Waals surface area contributed by atoms with Crippen molar-refractivity contribution in [3.05, 3.63) is 53.1 Å². The zero-order valence-corrected chi connectivity index (χ0v) is 16.2. The number of rotatable bonds is 8. The molecule has 1 amide bonds. The van der Waals surface area contributed by atoms with E-state index in [4.69, 9.17) is 9.47 Å². The molecule has 0 aliphatic carbocycles. The van der Waals surface area contributed by atoms with E-state index in [0.29, 0.717) is 29.6 Å². The number of hydrazone groups is 1. The van der Waals surface area contributed by atoms with Crippen LogP contribution in [-0.4, -0.2) is 30.4 Å². The Labute approximate surface area is 159 Å². The predicted octanol–water partition coefficient (Wildman–Crippen LogP) is 3.75. The topological polar surface area (TPSA) is 80.2 Å². The summed E-state index contributed by atoms with van der Waals surface area (Å²) in [7, 11) is 0. The van der Waals surface area contributed by atoms with E-state index in [0.717, 1.165) is 11.1 Å². The number of phenolic OH excluding ortho intramolecular Hbond substituents is 1. The van der Waals surface area contributed by atoms with Crippen LogP contribution >= 0.6 is 0 Å². The van der Waals surface area contributed by atoms with E-state index in [1.165, 1.54) is 12.3 Å². The molecule has 0 aliphatic heterocycles. The van der Waals surface area contributed by atoms with Crippen molar-refractivity contribution >= 4 is 12.1 Å². The number of phenols is 1. The van der Waals surface area contributed by atoms with E-state index in [-0.39, 0.29) is 18.3 Å². The molecule has 6 nitrogen and oxygen atoms in total. The second-order valence-corrected chi connectivity index (χ2v) is 6.43. The van der Waals surface area contributed by atoms with Crippen LogP contribution in [-0.2, 0) is 4.79 Å². The lowest BCUT2D eigenvalue weighted by atomic mass is 10.0. The SMILES string of the molecule is CCOc1ccc(/C=N/NC(=O)COc2cc(C)ccc2C(C)C)c(O)c1. The van der Waals surface area contributed by atoms with Crippen LogP contribution < -0.4 is 14.9 Å². The molecule has 0 fully saturated rings. The van der Waals surface area contributed by atoms with Crippen LogP contribution in [0, 0.1) is 6.92 Å². The molecule has 0 saturated heterocycles. The molecule has 0 aliphatic rings. The van der Waals surface area contributed by atoms with E-state index < -0.39 is 0 Å². The molecular formula is C21H26N2O4. The number of hydrogen-bond donors (Lipinski definition) is 2. The Morgan fingerprint density at radius 3 is 2.67 bits per heavy atom. The maximum Gasteiger partial charge on any atom is 0.277 e. The number of aryl methyl sites for hydroxylation is 1. The van der Waals surface area contributed by atoms with Crippen molar-refractivity contribution in [2.24, 2.45) is 5.10 Å². The van der Waals surface area contributed by atoms with Gasteiger partial charge in [-0.3, -0.25) is 4.79 Å². The highest BCUT2D eigenvalue weighted by Gasteiger charge is 2.10. The monoisotopic (exact) mass is 370 g/mol. The standard InChI is InChI=1S/C21H26N2O4/c1-5-26-17-8-7-16(19(24)11-17)12-22-23-21(25)13-27-20-10-15(4)6-9-18(20)14(2)3/h6-12,14,24H,5,13H2,1-4H3,(H,23,25)/b22-12+. The van der Waals surface area contributed by atoms with Crippen LogP contribution in [0.1, 0.15) is 43.4 Å². The van der Waals surface area contributed by atoms with Crippen molar-refractivity contribution in [2.45, 2.75) is 33.6 Å². The number of nitrogens with zero attached hydrogens (tertiary/aromatic N) is 1. The fraction of sp³-hybridized carbons (Fsp3) is 0.333. The highest BCUT2D eigenvalue weighted by molar-refractivity contribution is 5.85. The second kappa shape index (κ2) is 9.62. The summed E-state index contributed by atoms with van der Waals surface area (Å²) in [6.07, 6.45) is 1.37. The minimum Gasteiger partial charge on any atom is -0.507 e. The molecule has 6 heteroatoms. The normalized spacial score (nSPS) is 11.0. The molecule has 2 aromatic carbocycles. The molecule has 0 unspecified atom stereocenters. The maximum absolute atomic E-state index is 12.0. The lowest BCUT2D eigenvalue weighted by Crippen LogP contribution is -2.25. The number of carbonyl (C=O) groups excluding carboxylic acids is 1. The van der Waals surface area contributed by atoms with Crippen LogP contribution in [0.3, 0.4) is 0 Å². The third-order valence-electron chi connectivity index (χ3n) is 3.86. The number of carbonyl (C=O) groups is 1. The summed E-state index contributed by atoms with van der Waals surface area (Å²) >= 11 is 0. The van der Waals surface area contributed by atoms with Gasteiger partial charge in [-0.25, -0.2) is 5.43 Å². The number of hydrogen-bond acceptors (Lipinski definition) is 5. The van der Waals surface area contributed by atoms with Gasteiger partial charge in [0.2, 0.25) is 0 Å². The van der Waals surface area contributed by atoms with Crippen molar-refractivity contribution in [1.29, 1.82) is 0 Å². The fourth-order valence-corrected chi connectivity index (χ4v) is 2.48. The minimum atomic E-state index is -0.382. The molecule has 0 radical (unpaired) electrons. The predicted molar refractivity (Wildman–Crippen MR) is 106 cm³/mol. The molecular weight excluding hydrogens is 344 g/mol. The van der Waals surface area contributed by atoms with Gasteiger partial charge in [0.05, 0.1) is 12.8 Å². The molecule has 2 aromatic rings. The van der Waals surface area contributed by atoms with Gasteiger partial charge in [0.1, 0.15) is 17.2 Å². The Balaban J connectivity index is 1.92. The molecule has 0 heterocycles. The van der Waals surface area contributed by atoms with Crippen molar-refractivity contribution in [2.75, 3.05) is 13.2 Å². The van der Waals surface area contributed by atoms with E-state index in [1.807, 2.05) is 32.0 Å². The summed E-state index contributed by atoms with van der Waals surface area (Å²) in [4.78, 5) is 12.0. The summed E-state index contributed by atoms with van der Waals surface area (Å²) in [6, 6.07) is 10.8. The summed E-state index contributed by atoms with van der Waals surface area (Å²) < 4.78 is 11.0. The number of benzene rings is 2. The van der Waals surface area contributed by atoms with Gasteiger partial charge in [0.25, 0.3) is 5.91 Å². The van der Waals surface area contributed by atoms with E-state index in [2.05, 4.69) is 24.4 Å². The van der Waals surface area contributed by atoms with Gasteiger partial charge in [-0.15, -0.1) is 0 Å². The van der Waals surface area contributed by atoms with Gasteiger partial charge in [0.15, 0.2) is 6.61 Å². The average Bonchev–Trinajstić information content (AvgIpc) is 2.62. The Hall–Kier alpha value is -3.02. The largest absolute Gasteiger partial charge is 0.507 e. The van der Waals surface area contributed by atoms with Crippen LogP contribution in [0.4, 0.5) is 0 Å². The van der Waals surface area contributed by atoms with E-state index in [1.54, 1.807) is 12.1 Å². The van der Waals surface area contributed by atoms with E-state index >= 15 is 0 Å². The molecule has 0 aromatic heterocycles. The Morgan fingerprint density at radius 2 is 2.00 bits per heavy atom. The number of aromatic hydroxyl groups is 1. The van der Waals surface area contributed by atoms with Gasteiger partial charge in [-0.2, -0.15) is 5.10 Å². The third-order valence-corrected chi connectivity index (χ3v) is 3.86. The van der Waals surface area contributed by atoms with Gasteiger partial charge in [0, 0.05) is 11.6 Å². The maximum atomic E-state index is 12.0. The first kappa shape index (κ1) is 20.3. The molecule has 2 N–H and O–H groups in total. The smallest absolute Gasteiger partial charge is 0.277 e. The van der Waals surface area contributed by atoms with Crippen molar-refractivity contribution in [1.82, 2.24) is 5.43 Å². The summed E-state index contributed by atoms with van der Waals surface area (Å²) in [6.45, 7) is 8.37. The molecule has 0 saturated carbocycles. The van der Waals surface area contributed by atoms with Gasteiger partial charge in [-0.1, -0.05) is 26.0 Å². The van der Waals surface area contributed by atoms with Crippen LogP contribution in [0.15, 0.2) is 41.5 Å². The van der Waals surface area contributed by atoms with Crippen molar-refractivity contribution < 1.29 is 19.4 Å². The lowest BCUT2D eigenvalue weighted by Gasteiger charge is -2.14. The van der Waals surface area contributed by atoms with Crippen LogP contribution in [0.5, 0.6) is 17.2 Å². The number of ether oxygens (including phenoxy) is 2. The second-order valence-electron chi connectivity index (χ2n) is 6.43. The van der Waals surface area contributed by atoms with Gasteiger partial charge >= 0.3 is 0 Å². The summed E-state index contributed by atoms with van der Waals surface area (Å²) in [5, 5.41) is 13.8. The molecule has 2 rings (SSSR count). The van der Waals surface area contributed by atoms with Gasteiger partial charge in [-0.05, 0) is 49.1 Å². The fourth-order valence-electron chi connectivity index (χ4n) is 2.48. The summed E-state index contributed by atoms with van der Waals surface area (Å²) in [5.74, 6) is 1.21. The Kier molecular flexibility index (Phi) is 7.23. The van der Waals surface area contributed by atoms with Crippen molar-refractivity contribution in [3.63, 3.8) is 0 Å². The summed E-state index contributed by atoms with van der Waals surface area (Å²) in [5.41, 5.74) is 4.99. The third kappa shape index (κ3) is 6.02. The zero-order valence-electron chi connectivity index (χ0n) is 16.2. The number of amides is 1. The molecule has 0 bridgehead atoms. The van der Waals surface area contributed by atoms with Gasteiger partial charge < -0.3 is 14.6 Å². The first-order valence-corrected chi connectivity index (χ1v) is 8.91. The molecule has 144 valence electrons. The molecule has 0 spiro atoms. The quantitative estimate of drug-likeness (QED) is 0.548. The minimum absolute atomic E-state index is 0.0246. The zero-order chi connectivity index (χ0) is 19.8. The molecule has 0 atom stereocenters. The molecule has 27 heavy (non-hydrogen) atoms. The Morgan fingerprint density at radius 1 is 1.22 bits per heavy atom. The first-order valence-electron chi connectivity index (χ1n) is 8.91. The first-order chi connectivity index (χ1) is 12.9. The highest BCUT2D eigenvalue weighted by atomic mass is 16.5. The highest BCUT2D eigenvalue weighted by Crippen LogP contribution is 2.27. The lowest BCUT2D eigenvalue weighted by molar-refractivity contribution is -0.123. The van der Waals surface area contributed by atoms with Crippen LogP contribution in [0.25, 0.3) is 0 Å². The van der Waals surface area contributed by atoms with Crippen molar-refractivity contribution in [3.8, 4) is 17.2 Å². The van der Waals surface area contributed by atoms with Crippen LogP contribution in [0.2, 0.25) is 0 Å².